The van der Waals surface area contributed by atoms with Gasteiger partial charge >= 0.3 is 0 Å². The summed E-state index contributed by atoms with van der Waals surface area (Å²) in [5.41, 5.74) is 6.56. The van der Waals surface area contributed by atoms with Crippen molar-refractivity contribution >= 4 is 17.5 Å². The fraction of sp³-hybridized carbons (Fsp3) is 0.529. The quantitative estimate of drug-likeness (QED) is 0.765. The highest BCUT2D eigenvalue weighted by Gasteiger charge is 2.25. The largest absolute Gasteiger partial charge is 0.495 e. The Labute approximate surface area is 138 Å². The fourth-order valence-corrected chi connectivity index (χ4v) is 2.16. The lowest BCUT2D eigenvalue weighted by molar-refractivity contribution is -0.136. The first-order chi connectivity index (χ1) is 10.9. The molecule has 0 aromatic heterocycles. The Bertz CT molecular complexity index is 534. The van der Waals surface area contributed by atoms with Crippen LogP contribution in [0.2, 0.25) is 0 Å². The summed E-state index contributed by atoms with van der Waals surface area (Å²) < 4.78 is 5.19. The summed E-state index contributed by atoms with van der Waals surface area (Å²) in [6.07, 6.45) is 0.817. The van der Waals surface area contributed by atoms with Crippen LogP contribution in [0.15, 0.2) is 24.3 Å². The molecule has 128 valence electrons. The number of para-hydroxylation sites is 2. The highest BCUT2D eigenvalue weighted by Crippen LogP contribution is 2.22. The van der Waals surface area contributed by atoms with Crippen molar-refractivity contribution in [1.29, 1.82) is 0 Å². The van der Waals surface area contributed by atoms with E-state index in [1.807, 2.05) is 26.8 Å². The zero-order chi connectivity index (χ0) is 17.4. The Morgan fingerprint density at radius 2 is 1.96 bits per heavy atom. The van der Waals surface area contributed by atoms with E-state index < -0.39 is 6.04 Å². The Kier molecular flexibility index (Phi) is 7.54. The molecular weight excluding hydrogens is 294 g/mol. The predicted molar refractivity (Wildman–Crippen MR) is 91.3 cm³/mol. The first-order valence-corrected chi connectivity index (χ1v) is 7.91. The smallest absolute Gasteiger partial charge is 0.244 e. The summed E-state index contributed by atoms with van der Waals surface area (Å²) >= 11 is 0. The Hall–Kier alpha value is -2.08. The van der Waals surface area contributed by atoms with Crippen molar-refractivity contribution in [1.82, 2.24) is 4.90 Å². The molecule has 0 aliphatic rings. The molecule has 6 nitrogen and oxygen atoms in total. The van der Waals surface area contributed by atoms with Gasteiger partial charge in [-0.3, -0.25) is 9.59 Å². The van der Waals surface area contributed by atoms with E-state index in [2.05, 4.69) is 5.32 Å². The van der Waals surface area contributed by atoms with Gasteiger partial charge in [0.05, 0.1) is 25.4 Å². The van der Waals surface area contributed by atoms with Gasteiger partial charge in [-0.25, -0.2) is 0 Å². The number of benzene rings is 1. The van der Waals surface area contributed by atoms with Crippen LogP contribution in [0.4, 0.5) is 5.69 Å². The molecule has 1 rings (SSSR count). The number of anilines is 1. The topological polar surface area (TPSA) is 84.7 Å². The molecule has 0 radical (unpaired) electrons. The summed E-state index contributed by atoms with van der Waals surface area (Å²) in [7, 11) is 1.54. The Balaban J connectivity index is 2.71. The second-order valence-electron chi connectivity index (χ2n) is 5.51. The molecule has 0 saturated carbocycles. The number of carbonyl (C=O) groups is 2. The van der Waals surface area contributed by atoms with Gasteiger partial charge in [0.2, 0.25) is 11.8 Å². The van der Waals surface area contributed by atoms with Crippen LogP contribution in [-0.4, -0.2) is 43.0 Å². The van der Waals surface area contributed by atoms with Gasteiger partial charge in [-0.2, -0.15) is 0 Å². The third-order valence-electron chi connectivity index (χ3n) is 3.95. The van der Waals surface area contributed by atoms with Crippen LogP contribution in [0.25, 0.3) is 0 Å². The molecule has 0 aliphatic carbocycles. The number of nitrogens with two attached hydrogens (primary N) is 1. The molecule has 1 aromatic carbocycles. The van der Waals surface area contributed by atoms with Gasteiger partial charge < -0.3 is 20.7 Å². The van der Waals surface area contributed by atoms with Crippen molar-refractivity contribution in [3.8, 4) is 5.75 Å². The second-order valence-corrected chi connectivity index (χ2v) is 5.51. The van der Waals surface area contributed by atoms with E-state index in [0.29, 0.717) is 18.0 Å². The van der Waals surface area contributed by atoms with Crippen molar-refractivity contribution < 1.29 is 14.3 Å². The standard InChI is InChI=1S/C17H27N3O3/c1-5-12(3)16(18)17(22)20(6-2)11-15(21)19-13-9-7-8-10-14(13)23-4/h7-10,12,16H,5-6,11,18H2,1-4H3,(H,19,21). The van der Waals surface area contributed by atoms with E-state index >= 15 is 0 Å². The van der Waals surface area contributed by atoms with Crippen molar-refractivity contribution in [2.75, 3.05) is 25.5 Å². The number of hydrogen-bond donors (Lipinski definition) is 2. The van der Waals surface area contributed by atoms with E-state index in [1.54, 1.807) is 18.2 Å². The summed E-state index contributed by atoms with van der Waals surface area (Å²) in [5, 5.41) is 2.76. The fourth-order valence-electron chi connectivity index (χ4n) is 2.16. The van der Waals surface area contributed by atoms with E-state index in [9.17, 15) is 9.59 Å². The van der Waals surface area contributed by atoms with Gasteiger partial charge in [-0.05, 0) is 25.0 Å². The monoisotopic (exact) mass is 321 g/mol. The first kappa shape index (κ1) is 19.0. The summed E-state index contributed by atoms with van der Waals surface area (Å²) in [6, 6.07) is 6.55. The average Bonchev–Trinajstić information content (AvgIpc) is 2.58. The minimum Gasteiger partial charge on any atom is -0.495 e. The lowest BCUT2D eigenvalue weighted by atomic mass is 9.99. The molecule has 0 bridgehead atoms. The second kappa shape index (κ2) is 9.15. The number of nitrogens with zero attached hydrogens (tertiary/aromatic N) is 1. The maximum atomic E-state index is 12.4. The van der Waals surface area contributed by atoms with Crippen LogP contribution < -0.4 is 15.8 Å². The number of methoxy groups -OCH3 is 1. The number of amides is 2. The van der Waals surface area contributed by atoms with Gasteiger partial charge in [-0.15, -0.1) is 0 Å². The number of rotatable bonds is 8. The van der Waals surface area contributed by atoms with Gasteiger partial charge in [0.25, 0.3) is 0 Å². The maximum Gasteiger partial charge on any atom is 0.244 e. The van der Waals surface area contributed by atoms with Gasteiger partial charge in [0, 0.05) is 6.54 Å². The van der Waals surface area contributed by atoms with Crippen LogP contribution in [0.1, 0.15) is 27.2 Å². The van der Waals surface area contributed by atoms with Crippen molar-refractivity contribution in [2.24, 2.45) is 11.7 Å². The number of ether oxygens (including phenoxy) is 1. The molecule has 2 unspecified atom stereocenters. The van der Waals surface area contributed by atoms with E-state index in [1.165, 1.54) is 12.0 Å². The normalized spacial score (nSPS) is 13.1. The van der Waals surface area contributed by atoms with Crippen LogP contribution in [0.3, 0.4) is 0 Å². The third-order valence-corrected chi connectivity index (χ3v) is 3.95. The van der Waals surface area contributed by atoms with Crippen LogP contribution in [-0.2, 0) is 9.59 Å². The number of carbonyl (C=O) groups excluding carboxylic acids is 2. The van der Waals surface area contributed by atoms with E-state index in [4.69, 9.17) is 10.5 Å². The molecular formula is C17H27N3O3. The predicted octanol–water partition coefficient (Wildman–Crippen LogP) is 1.86. The molecule has 0 fully saturated rings. The Morgan fingerprint density at radius 1 is 1.30 bits per heavy atom. The third kappa shape index (κ3) is 5.25. The number of nitrogens with one attached hydrogen (secondary N) is 1. The average molecular weight is 321 g/mol. The summed E-state index contributed by atoms with van der Waals surface area (Å²) in [4.78, 5) is 26.1. The van der Waals surface area contributed by atoms with Crippen LogP contribution >= 0.6 is 0 Å². The van der Waals surface area contributed by atoms with Gasteiger partial charge in [0.15, 0.2) is 0 Å². The zero-order valence-electron chi connectivity index (χ0n) is 14.3. The van der Waals surface area contributed by atoms with Gasteiger partial charge in [-0.1, -0.05) is 32.4 Å². The lowest BCUT2D eigenvalue weighted by Gasteiger charge is -2.26. The summed E-state index contributed by atoms with van der Waals surface area (Å²) in [6.45, 7) is 6.16. The van der Waals surface area contributed by atoms with Gasteiger partial charge in [0.1, 0.15) is 5.75 Å². The number of hydrogen-bond acceptors (Lipinski definition) is 4. The Morgan fingerprint density at radius 3 is 2.52 bits per heavy atom. The SMILES string of the molecule is CCC(C)C(N)C(=O)N(CC)CC(=O)Nc1ccccc1OC. The van der Waals surface area contributed by atoms with E-state index in [0.717, 1.165) is 6.42 Å². The molecule has 3 N–H and O–H groups in total. The molecule has 0 spiro atoms. The number of likely N-dealkylation sites (N-methyl/N-ethyl adjacent to an activating group) is 1. The van der Waals surface area contributed by atoms with Crippen LogP contribution in [0, 0.1) is 5.92 Å². The minimum atomic E-state index is -0.584. The molecule has 2 amide bonds. The lowest BCUT2D eigenvalue weighted by Crippen LogP contribution is -2.49. The molecule has 2 atom stereocenters. The first-order valence-electron chi connectivity index (χ1n) is 7.91. The van der Waals surface area contributed by atoms with Crippen molar-refractivity contribution in [3.63, 3.8) is 0 Å². The molecule has 0 heterocycles. The highest BCUT2D eigenvalue weighted by molar-refractivity contribution is 5.96. The molecule has 23 heavy (non-hydrogen) atoms. The van der Waals surface area contributed by atoms with E-state index in [-0.39, 0.29) is 24.3 Å². The highest BCUT2D eigenvalue weighted by atomic mass is 16.5. The molecule has 1 aromatic rings. The minimum absolute atomic E-state index is 0.0302. The molecule has 0 saturated heterocycles. The summed E-state index contributed by atoms with van der Waals surface area (Å²) in [5.74, 6) is 0.179. The molecule has 0 aliphatic heterocycles. The molecule has 6 heteroatoms. The van der Waals surface area contributed by atoms with Crippen LogP contribution in [0.5, 0.6) is 5.75 Å². The van der Waals surface area contributed by atoms with Crippen molar-refractivity contribution in [2.45, 2.75) is 33.2 Å². The maximum absolute atomic E-state index is 12.4. The van der Waals surface area contributed by atoms with Crippen molar-refractivity contribution in [3.05, 3.63) is 24.3 Å². The zero-order valence-corrected chi connectivity index (χ0v) is 14.3.